The molecule has 2 heterocycles. The van der Waals surface area contributed by atoms with Crippen LogP contribution in [0.15, 0.2) is 42.6 Å². The van der Waals surface area contributed by atoms with Crippen molar-refractivity contribution in [3.8, 4) is 0 Å². The van der Waals surface area contributed by atoms with E-state index in [1.807, 2.05) is 0 Å². The molecule has 1 aliphatic rings. The van der Waals surface area contributed by atoms with Crippen LogP contribution >= 0.6 is 0 Å². The van der Waals surface area contributed by atoms with E-state index in [0.29, 0.717) is 0 Å². The van der Waals surface area contributed by atoms with Gasteiger partial charge in [0, 0.05) is 11.8 Å². The van der Waals surface area contributed by atoms with E-state index in [4.69, 9.17) is 0 Å². The normalized spacial score (nSPS) is 17.0. The smallest absolute Gasteiger partial charge is 0.417 e. The molecular weight excluding hydrogens is 331 g/mol. The molecule has 2 aromatic rings. The van der Waals surface area contributed by atoms with Crippen molar-refractivity contribution in [3.05, 3.63) is 65.0 Å². The number of pyridine rings is 1. The molecule has 23 heavy (non-hydrogen) atoms. The summed E-state index contributed by atoms with van der Waals surface area (Å²) in [7, 11) is -4.13. The van der Waals surface area contributed by atoms with Gasteiger partial charge in [0.2, 0.25) is 0 Å². The molecule has 0 unspecified atom stereocenters. The lowest BCUT2D eigenvalue weighted by Gasteiger charge is -2.21. The van der Waals surface area contributed by atoms with Gasteiger partial charge in [-0.2, -0.15) is 13.2 Å². The van der Waals surface area contributed by atoms with E-state index >= 15 is 0 Å². The van der Waals surface area contributed by atoms with E-state index in [-0.39, 0.29) is 11.3 Å². The molecule has 0 saturated carbocycles. The highest BCUT2D eigenvalue weighted by Crippen LogP contribution is 2.42. The predicted octanol–water partition coefficient (Wildman–Crippen LogP) is 3.41. The number of benzene rings is 1. The van der Waals surface area contributed by atoms with Crippen molar-refractivity contribution in [1.82, 2.24) is 4.98 Å². The first-order valence-corrected chi connectivity index (χ1v) is 8.14. The van der Waals surface area contributed by atoms with Gasteiger partial charge in [0.05, 0.1) is 11.3 Å². The van der Waals surface area contributed by atoms with E-state index in [1.165, 1.54) is 24.4 Å². The van der Waals surface area contributed by atoms with Gasteiger partial charge in [-0.25, -0.2) is 8.42 Å². The van der Waals surface area contributed by atoms with E-state index < -0.39 is 43.6 Å². The Kier molecular flexibility index (Phi) is 3.44. The molecule has 1 aliphatic heterocycles. The number of rotatable bonds is 1. The fourth-order valence-corrected chi connectivity index (χ4v) is 4.21. The topological polar surface area (TPSA) is 67.3 Å². The number of hydrogen-bond acceptors (Lipinski definition) is 4. The van der Waals surface area contributed by atoms with Crippen LogP contribution in [0.25, 0.3) is 10.7 Å². The van der Waals surface area contributed by atoms with Crippen LogP contribution in [-0.4, -0.2) is 18.5 Å². The Morgan fingerprint density at radius 2 is 1.78 bits per heavy atom. The minimum atomic E-state index is -4.75. The Labute approximate surface area is 129 Å². The highest BCUT2D eigenvalue weighted by Gasteiger charge is 2.39. The number of aliphatic hydroxyl groups is 1. The van der Waals surface area contributed by atoms with Gasteiger partial charge in [-0.05, 0) is 17.7 Å². The van der Waals surface area contributed by atoms with Crippen LogP contribution in [0.5, 0.6) is 0 Å². The second-order valence-electron chi connectivity index (χ2n) is 4.99. The summed E-state index contributed by atoms with van der Waals surface area (Å²) in [5.41, 5.74) is -1.47. The van der Waals surface area contributed by atoms with Gasteiger partial charge in [0.25, 0.3) is 0 Å². The molecule has 3 rings (SSSR count). The van der Waals surface area contributed by atoms with Gasteiger partial charge in [-0.15, -0.1) is 0 Å². The third-order valence-electron chi connectivity index (χ3n) is 3.46. The van der Waals surface area contributed by atoms with Crippen LogP contribution in [0.3, 0.4) is 0 Å². The van der Waals surface area contributed by atoms with Crippen molar-refractivity contribution in [1.29, 1.82) is 0 Å². The molecule has 0 atom stereocenters. The minimum absolute atomic E-state index is 0.0192. The average molecular weight is 341 g/mol. The van der Waals surface area contributed by atoms with Crippen molar-refractivity contribution in [2.75, 3.05) is 0 Å². The van der Waals surface area contributed by atoms with E-state index in [9.17, 15) is 26.7 Å². The van der Waals surface area contributed by atoms with E-state index in [0.717, 1.165) is 18.2 Å². The SMILES string of the molecule is O=S1(=O)Cc2cccnc2C(O)=C1c1ccccc1C(F)(F)F. The molecular formula is C15H10F3NO3S. The summed E-state index contributed by atoms with van der Waals surface area (Å²) in [6, 6.07) is 7.21. The van der Waals surface area contributed by atoms with E-state index in [2.05, 4.69) is 4.98 Å². The van der Waals surface area contributed by atoms with E-state index in [1.54, 1.807) is 0 Å². The lowest BCUT2D eigenvalue weighted by molar-refractivity contribution is -0.137. The zero-order valence-corrected chi connectivity index (χ0v) is 12.3. The number of fused-ring (bicyclic) bond motifs is 1. The monoisotopic (exact) mass is 341 g/mol. The highest BCUT2D eigenvalue weighted by molar-refractivity contribution is 8.00. The molecule has 120 valence electrons. The van der Waals surface area contributed by atoms with Gasteiger partial charge < -0.3 is 5.11 Å². The number of alkyl halides is 3. The zero-order chi connectivity index (χ0) is 16.8. The third-order valence-corrected chi connectivity index (χ3v) is 5.19. The van der Waals surface area contributed by atoms with Crippen molar-refractivity contribution in [2.45, 2.75) is 11.9 Å². The lowest BCUT2D eigenvalue weighted by atomic mass is 10.0. The highest BCUT2D eigenvalue weighted by atomic mass is 32.2. The van der Waals surface area contributed by atoms with Crippen molar-refractivity contribution in [2.24, 2.45) is 0 Å². The molecule has 0 saturated heterocycles. The number of aromatic nitrogens is 1. The van der Waals surface area contributed by atoms with Crippen molar-refractivity contribution in [3.63, 3.8) is 0 Å². The maximum Gasteiger partial charge on any atom is 0.417 e. The van der Waals surface area contributed by atoms with Crippen LogP contribution < -0.4 is 0 Å². The fourth-order valence-electron chi connectivity index (χ4n) is 2.52. The summed E-state index contributed by atoms with van der Waals surface area (Å²) in [5.74, 6) is -1.27. The number of hydrogen-bond donors (Lipinski definition) is 1. The molecule has 1 N–H and O–H groups in total. The van der Waals surface area contributed by atoms with Gasteiger partial charge in [-0.3, -0.25) is 4.98 Å². The summed E-state index contributed by atoms with van der Waals surface area (Å²) >= 11 is 0. The molecule has 0 radical (unpaired) electrons. The van der Waals surface area contributed by atoms with Crippen LogP contribution in [0.2, 0.25) is 0 Å². The summed E-state index contributed by atoms with van der Waals surface area (Å²) in [6.45, 7) is 0. The standard InChI is InChI=1S/C15H10F3NO3S/c16-15(17,18)11-6-2-1-5-10(11)14-13(20)12-9(4-3-7-19-12)8-23(14,21)22/h1-7,20H,8H2. The first kappa shape index (κ1) is 15.5. The molecule has 8 heteroatoms. The van der Waals surface area contributed by atoms with Crippen LogP contribution in [-0.2, 0) is 21.8 Å². The Hall–Kier alpha value is -2.35. The van der Waals surface area contributed by atoms with Crippen molar-refractivity contribution >= 4 is 20.5 Å². The maximum atomic E-state index is 13.2. The van der Waals surface area contributed by atoms with Gasteiger partial charge in [0.1, 0.15) is 10.6 Å². The predicted molar refractivity (Wildman–Crippen MR) is 77.7 cm³/mol. The molecule has 1 aromatic carbocycles. The van der Waals surface area contributed by atoms with Crippen LogP contribution in [0, 0.1) is 0 Å². The molecule has 4 nitrogen and oxygen atoms in total. The lowest BCUT2D eigenvalue weighted by Crippen LogP contribution is -2.19. The molecule has 1 aromatic heterocycles. The van der Waals surface area contributed by atoms with Crippen LogP contribution in [0.4, 0.5) is 13.2 Å². The first-order chi connectivity index (χ1) is 10.7. The second-order valence-corrected chi connectivity index (χ2v) is 6.92. The Balaban J connectivity index is 2.36. The summed E-state index contributed by atoms with van der Waals surface area (Å²) < 4.78 is 64.3. The molecule has 0 aliphatic carbocycles. The van der Waals surface area contributed by atoms with Crippen LogP contribution in [0.1, 0.15) is 22.4 Å². The Morgan fingerprint density at radius 3 is 2.48 bits per heavy atom. The first-order valence-electron chi connectivity index (χ1n) is 6.48. The molecule has 0 fully saturated rings. The minimum Gasteiger partial charge on any atom is -0.504 e. The molecule has 0 bridgehead atoms. The summed E-state index contributed by atoms with van der Waals surface area (Å²) in [5, 5.41) is 10.3. The average Bonchev–Trinajstić information content (AvgIpc) is 2.46. The Bertz CT molecular complexity index is 918. The zero-order valence-electron chi connectivity index (χ0n) is 11.5. The summed E-state index contributed by atoms with van der Waals surface area (Å²) in [6.07, 6.45) is -3.41. The third kappa shape index (κ3) is 2.59. The second kappa shape index (κ2) is 5.09. The number of nitrogens with zero attached hydrogens (tertiary/aromatic N) is 1. The van der Waals surface area contributed by atoms with Gasteiger partial charge >= 0.3 is 6.18 Å². The maximum absolute atomic E-state index is 13.2. The Morgan fingerprint density at radius 1 is 1.09 bits per heavy atom. The number of sulfone groups is 1. The molecule has 0 amide bonds. The largest absolute Gasteiger partial charge is 0.504 e. The quantitative estimate of drug-likeness (QED) is 0.863. The van der Waals surface area contributed by atoms with Crippen molar-refractivity contribution < 1.29 is 26.7 Å². The fraction of sp³-hybridized carbons (Fsp3) is 0.133. The van der Waals surface area contributed by atoms with Gasteiger partial charge in [-0.1, -0.05) is 24.3 Å². The number of halogens is 3. The van der Waals surface area contributed by atoms with Gasteiger partial charge in [0.15, 0.2) is 15.6 Å². The number of aliphatic hydroxyl groups excluding tert-OH is 1. The summed E-state index contributed by atoms with van der Waals surface area (Å²) in [4.78, 5) is 3.14. The molecule has 0 spiro atoms.